The summed E-state index contributed by atoms with van der Waals surface area (Å²) in [7, 11) is 3.37. The third kappa shape index (κ3) is 4.25. The number of carbonyl (C=O) groups excluding carboxylic acids is 1. The standard InChI is InChI=1S/C13H16N2O2/c1-15(7-8-17-2)13(16)9-11-3-5-12(10-14)6-4-11/h3-6H,7-9H2,1-2H3. The molecule has 0 aliphatic heterocycles. The van der Waals surface area contributed by atoms with Crippen molar-refractivity contribution in [1.82, 2.24) is 4.90 Å². The van der Waals surface area contributed by atoms with E-state index in [4.69, 9.17) is 10.00 Å². The number of rotatable bonds is 5. The summed E-state index contributed by atoms with van der Waals surface area (Å²) in [5.41, 5.74) is 1.52. The minimum absolute atomic E-state index is 0.0479. The van der Waals surface area contributed by atoms with Crippen LogP contribution in [0.4, 0.5) is 0 Å². The van der Waals surface area contributed by atoms with Crippen LogP contribution in [0.2, 0.25) is 0 Å². The highest BCUT2D eigenvalue weighted by Gasteiger charge is 2.08. The molecule has 0 saturated heterocycles. The highest BCUT2D eigenvalue weighted by Crippen LogP contribution is 2.05. The maximum Gasteiger partial charge on any atom is 0.226 e. The van der Waals surface area contributed by atoms with Crippen molar-refractivity contribution >= 4 is 5.91 Å². The molecule has 17 heavy (non-hydrogen) atoms. The first-order valence-electron chi connectivity index (χ1n) is 5.39. The van der Waals surface area contributed by atoms with Gasteiger partial charge >= 0.3 is 0 Å². The van der Waals surface area contributed by atoms with Crippen LogP contribution in [-0.4, -0.2) is 38.1 Å². The van der Waals surface area contributed by atoms with Gasteiger partial charge in [-0.15, -0.1) is 0 Å². The maximum atomic E-state index is 11.8. The van der Waals surface area contributed by atoms with Gasteiger partial charge in [-0.05, 0) is 17.7 Å². The topological polar surface area (TPSA) is 53.3 Å². The summed E-state index contributed by atoms with van der Waals surface area (Å²) < 4.78 is 4.91. The van der Waals surface area contributed by atoms with E-state index in [1.54, 1.807) is 43.3 Å². The summed E-state index contributed by atoms with van der Waals surface area (Å²) in [6.07, 6.45) is 0.353. The minimum atomic E-state index is 0.0479. The molecule has 4 heteroatoms. The molecule has 1 aromatic carbocycles. The molecule has 1 amide bonds. The van der Waals surface area contributed by atoms with Gasteiger partial charge in [0, 0.05) is 20.7 Å². The third-order valence-corrected chi connectivity index (χ3v) is 2.49. The number of nitrogens with zero attached hydrogens (tertiary/aromatic N) is 2. The van der Waals surface area contributed by atoms with E-state index in [9.17, 15) is 4.79 Å². The molecule has 0 fully saturated rings. The Balaban J connectivity index is 2.52. The van der Waals surface area contributed by atoms with E-state index >= 15 is 0 Å². The van der Waals surface area contributed by atoms with Crippen molar-refractivity contribution in [3.8, 4) is 6.07 Å². The molecule has 0 N–H and O–H groups in total. The number of amides is 1. The number of likely N-dealkylation sites (N-methyl/N-ethyl adjacent to an activating group) is 1. The third-order valence-electron chi connectivity index (χ3n) is 2.49. The van der Waals surface area contributed by atoms with Crippen LogP contribution < -0.4 is 0 Å². The van der Waals surface area contributed by atoms with Crippen molar-refractivity contribution in [2.24, 2.45) is 0 Å². The zero-order chi connectivity index (χ0) is 12.7. The fraction of sp³-hybridized carbons (Fsp3) is 0.385. The van der Waals surface area contributed by atoms with Gasteiger partial charge in [-0.25, -0.2) is 0 Å². The Hall–Kier alpha value is -1.86. The Morgan fingerprint density at radius 1 is 1.41 bits per heavy atom. The highest BCUT2D eigenvalue weighted by atomic mass is 16.5. The highest BCUT2D eigenvalue weighted by molar-refractivity contribution is 5.78. The number of benzene rings is 1. The van der Waals surface area contributed by atoms with Crippen molar-refractivity contribution in [2.75, 3.05) is 27.3 Å². The Morgan fingerprint density at radius 2 is 2.06 bits per heavy atom. The van der Waals surface area contributed by atoms with Gasteiger partial charge in [0.2, 0.25) is 5.91 Å². The number of hydrogen-bond donors (Lipinski definition) is 0. The van der Waals surface area contributed by atoms with Crippen LogP contribution in [0.1, 0.15) is 11.1 Å². The van der Waals surface area contributed by atoms with E-state index in [1.165, 1.54) is 0 Å². The van der Waals surface area contributed by atoms with E-state index in [0.29, 0.717) is 25.1 Å². The van der Waals surface area contributed by atoms with Crippen LogP contribution in [0.15, 0.2) is 24.3 Å². The normalized spacial score (nSPS) is 9.71. The van der Waals surface area contributed by atoms with Gasteiger partial charge in [0.1, 0.15) is 0 Å². The van der Waals surface area contributed by atoms with Gasteiger partial charge < -0.3 is 9.64 Å². The van der Waals surface area contributed by atoms with Crippen molar-refractivity contribution in [3.05, 3.63) is 35.4 Å². The molecule has 90 valence electrons. The first kappa shape index (κ1) is 13.2. The quantitative estimate of drug-likeness (QED) is 0.766. The molecule has 0 aliphatic carbocycles. The SMILES string of the molecule is COCCN(C)C(=O)Cc1ccc(C#N)cc1. The van der Waals surface area contributed by atoms with Crippen molar-refractivity contribution in [1.29, 1.82) is 5.26 Å². The smallest absolute Gasteiger partial charge is 0.226 e. The molecule has 0 aliphatic rings. The molecule has 0 bridgehead atoms. The molecule has 1 aromatic rings. The lowest BCUT2D eigenvalue weighted by atomic mass is 10.1. The lowest BCUT2D eigenvalue weighted by Gasteiger charge is -2.16. The van der Waals surface area contributed by atoms with Gasteiger partial charge in [-0.3, -0.25) is 4.79 Å². The van der Waals surface area contributed by atoms with E-state index < -0.39 is 0 Å². The number of methoxy groups -OCH3 is 1. The van der Waals surface area contributed by atoms with Crippen LogP contribution in [-0.2, 0) is 16.0 Å². The van der Waals surface area contributed by atoms with Gasteiger partial charge in [0.15, 0.2) is 0 Å². The van der Waals surface area contributed by atoms with E-state index in [-0.39, 0.29) is 5.91 Å². The van der Waals surface area contributed by atoms with Gasteiger partial charge in [-0.2, -0.15) is 5.26 Å². The number of nitriles is 1. The molecule has 0 spiro atoms. The largest absolute Gasteiger partial charge is 0.383 e. The summed E-state index contributed by atoms with van der Waals surface area (Å²) in [6.45, 7) is 1.13. The first-order chi connectivity index (χ1) is 8.17. The first-order valence-corrected chi connectivity index (χ1v) is 5.39. The Morgan fingerprint density at radius 3 is 2.59 bits per heavy atom. The van der Waals surface area contributed by atoms with Crippen LogP contribution in [0.5, 0.6) is 0 Å². The summed E-state index contributed by atoms with van der Waals surface area (Å²) in [6, 6.07) is 9.10. The molecule has 0 unspecified atom stereocenters. The molecule has 1 rings (SSSR count). The average Bonchev–Trinajstić information content (AvgIpc) is 2.36. The molecule has 0 atom stereocenters. The van der Waals surface area contributed by atoms with E-state index in [2.05, 4.69) is 0 Å². The Bertz CT molecular complexity index is 406. The monoisotopic (exact) mass is 232 g/mol. The lowest BCUT2D eigenvalue weighted by molar-refractivity contribution is -0.129. The van der Waals surface area contributed by atoms with Crippen molar-refractivity contribution in [3.63, 3.8) is 0 Å². The summed E-state index contributed by atoms with van der Waals surface area (Å²) >= 11 is 0. The fourth-order valence-electron chi connectivity index (χ4n) is 1.36. The van der Waals surface area contributed by atoms with Crippen molar-refractivity contribution in [2.45, 2.75) is 6.42 Å². The number of carbonyl (C=O) groups is 1. The minimum Gasteiger partial charge on any atom is -0.383 e. The van der Waals surface area contributed by atoms with Gasteiger partial charge in [-0.1, -0.05) is 12.1 Å². The summed E-state index contributed by atoms with van der Waals surface area (Å²) in [4.78, 5) is 13.4. The Kier molecular flexibility index (Phi) is 5.18. The lowest BCUT2D eigenvalue weighted by Crippen LogP contribution is -2.31. The predicted molar refractivity (Wildman–Crippen MR) is 64.4 cm³/mol. The van der Waals surface area contributed by atoms with Gasteiger partial charge in [0.05, 0.1) is 24.7 Å². The van der Waals surface area contributed by atoms with Gasteiger partial charge in [0.25, 0.3) is 0 Å². The second-order valence-electron chi connectivity index (χ2n) is 3.79. The molecule has 0 heterocycles. The molecule has 0 aromatic heterocycles. The predicted octanol–water partition coefficient (Wildman–Crippen LogP) is 1.21. The second kappa shape index (κ2) is 6.66. The zero-order valence-corrected chi connectivity index (χ0v) is 10.1. The second-order valence-corrected chi connectivity index (χ2v) is 3.79. The van der Waals surface area contributed by atoms with E-state index in [1.807, 2.05) is 6.07 Å². The number of ether oxygens (including phenoxy) is 1. The van der Waals surface area contributed by atoms with Crippen LogP contribution in [0.3, 0.4) is 0 Å². The maximum absolute atomic E-state index is 11.8. The molecule has 4 nitrogen and oxygen atoms in total. The Labute approximate surface area is 101 Å². The average molecular weight is 232 g/mol. The van der Waals surface area contributed by atoms with E-state index in [0.717, 1.165) is 5.56 Å². The zero-order valence-electron chi connectivity index (χ0n) is 10.1. The fourth-order valence-corrected chi connectivity index (χ4v) is 1.36. The summed E-state index contributed by atoms with van der Waals surface area (Å²) in [5, 5.41) is 8.66. The molecular formula is C13H16N2O2. The van der Waals surface area contributed by atoms with Crippen LogP contribution in [0, 0.1) is 11.3 Å². The molecule has 0 radical (unpaired) electrons. The molecule has 0 saturated carbocycles. The molecular weight excluding hydrogens is 216 g/mol. The van der Waals surface area contributed by atoms with Crippen LogP contribution in [0.25, 0.3) is 0 Å². The van der Waals surface area contributed by atoms with Crippen LogP contribution >= 0.6 is 0 Å². The summed E-state index contributed by atoms with van der Waals surface area (Å²) in [5.74, 6) is 0.0479. The number of hydrogen-bond acceptors (Lipinski definition) is 3. The van der Waals surface area contributed by atoms with Crippen molar-refractivity contribution < 1.29 is 9.53 Å².